The Morgan fingerprint density at radius 1 is 0.253 bits per heavy atom. The second-order valence-electron chi connectivity index (χ2n) is 23.0. The minimum Gasteiger partial charge on any atom is -0.309 e. The smallest absolute Gasteiger partial charge is 0.309 e. The standard InChI is InChI=1S/C81H46F8N6/c82-72-71(73(83)75(85)76(86)74(72)84)63-45-70(95-67-43-53(57-27-15-39-92-79(57)49-21-9-3-10-22-49)31-35-61(67)62-36-32-54(44-68(62)95)58-28-16-40-93-80(58)50-23-11-4-12-24-50)64(81(87,88)89)46-69(63)94-65-41-51(55-25-13-37-90-77(55)47-17-5-1-6-18-47)29-33-59(65)60-34-30-52(42-66(60)94)56-26-14-38-91-78(56)48-19-7-2-8-20-48/h1-46H. The van der Waals surface area contributed by atoms with Crippen LogP contribution in [0, 0.1) is 29.1 Å². The monoisotopic (exact) mass is 1250 g/mol. The first-order chi connectivity index (χ1) is 46.4. The van der Waals surface area contributed by atoms with Gasteiger partial charge in [-0.1, -0.05) is 194 Å². The second kappa shape index (κ2) is 23.2. The van der Waals surface area contributed by atoms with Crippen molar-refractivity contribution in [2.24, 2.45) is 0 Å². The normalized spacial score (nSPS) is 11.8. The predicted molar refractivity (Wildman–Crippen MR) is 360 cm³/mol. The molecule has 16 aromatic rings. The van der Waals surface area contributed by atoms with Crippen LogP contribution in [0.5, 0.6) is 0 Å². The summed E-state index contributed by atoms with van der Waals surface area (Å²) in [6.45, 7) is 0. The molecule has 0 saturated carbocycles. The predicted octanol–water partition coefficient (Wildman–Crippen LogP) is 22.2. The Labute approximate surface area is 537 Å². The molecule has 0 N–H and O–H groups in total. The van der Waals surface area contributed by atoms with Crippen LogP contribution >= 0.6 is 0 Å². The summed E-state index contributed by atoms with van der Waals surface area (Å²) in [7, 11) is 0. The quantitative estimate of drug-likeness (QED) is 0.0735. The zero-order chi connectivity index (χ0) is 64.6. The van der Waals surface area contributed by atoms with Crippen LogP contribution in [0.25, 0.3) is 156 Å². The molecule has 0 radical (unpaired) electrons. The fourth-order valence-corrected chi connectivity index (χ4v) is 13.3. The van der Waals surface area contributed by atoms with Crippen molar-refractivity contribution < 1.29 is 35.1 Å². The van der Waals surface area contributed by atoms with E-state index in [0.29, 0.717) is 88.8 Å². The molecule has 6 heterocycles. The van der Waals surface area contributed by atoms with Crippen molar-refractivity contribution in [3.05, 3.63) is 314 Å². The molecule has 0 spiro atoms. The minimum atomic E-state index is -5.31. The highest BCUT2D eigenvalue weighted by Crippen LogP contribution is 2.49. The van der Waals surface area contributed by atoms with Gasteiger partial charge in [0, 0.05) is 96.4 Å². The second-order valence-corrected chi connectivity index (χ2v) is 23.0. The van der Waals surface area contributed by atoms with E-state index in [1.54, 1.807) is 97.6 Å². The summed E-state index contributed by atoms with van der Waals surface area (Å²) in [4.78, 5) is 19.1. The molecule has 0 aliphatic carbocycles. The number of hydrogen-bond acceptors (Lipinski definition) is 4. The molecule has 0 aliphatic heterocycles. The van der Waals surface area contributed by atoms with Gasteiger partial charge in [-0.15, -0.1) is 0 Å². The van der Waals surface area contributed by atoms with Crippen LogP contribution in [0.3, 0.4) is 0 Å². The van der Waals surface area contributed by atoms with Crippen LogP contribution < -0.4 is 0 Å². The van der Waals surface area contributed by atoms with Gasteiger partial charge < -0.3 is 9.13 Å². The molecule has 95 heavy (non-hydrogen) atoms. The third kappa shape index (κ3) is 9.88. The fourth-order valence-electron chi connectivity index (χ4n) is 13.3. The first-order valence-corrected chi connectivity index (χ1v) is 30.4. The third-order valence-electron chi connectivity index (χ3n) is 17.6. The van der Waals surface area contributed by atoms with E-state index in [4.69, 9.17) is 19.9 Å². The Bertz CT molecular complexity index is 5410. The lowest BCUT2D eigenvalue weighted by atomic mass is 9.96. The molecule has 0 aliphatic rings. The van der Waals surface area contributed by atoms with Crippen molar-refractivity contribution in [3.63, 3.8) is 0 Å². The summed E-state index contributed by atoms with van der Waals surface area (Å²) in [6, 6.07) is 75.1. The molecule has 0 fully saturated rings. The molecular weight excluding hydrogens is 1210 g/mol. The maximum Gasteiger partial charge on any atom is 0.418 e. The van der Waals surface area contributed by atoms with Crippen LogP contribution in [0.15, 0.2) is 280 Å². The van der Waals surface area contributed by atoms with Crippen molar-refractivity contribution in [2.75, 3.05) is 0 Å². The van der Waals surface area contributed by atoms with Gasteiger partial charge >= 0.3 is 6.18 Å². The summed E-state index contributed by atoms with van der Waals surface area (Å²) < 4.78 is 138. The van der Waals surface area contributed by atoms with Crippen LogP contribution in [0.4, 0.5) is 35.1 Å². The van der Waals surface area contributed by atoms with E-state index in [0.717, 1.165) is 34.4 Å². The number of rotatable bonds is 11. The van der Waals surface area contributed by atoms with E-state index >= 15 is 35.1 Å². The van der Waals surface area contributed by atoms with Crippen molar-refractivity contribution >= 4 is 43.6 Å². The number of fused-ring (bicyclic) bond motifs is 6. The number of aromatic nitrogens is 6. The zero-order valence-electron chi connectivity index (χ0n) is 49.8. The molecule has 0 atom stereocenters. The Hall–Kier alpha value is -12.2. The highest BCUT2D eigenvalue weighted by Gasteiger charge is 2.39. The average molecular weight is 1260 g/mol. The van der Waals surface area contributed by atoms with Gasteiger partial charge in [-0.25, -0.2) is 22.0 Å². The van der Waals surface area contributed by atoms with Crippen LogP contribution in [-0.2, 0) is 6.18 Å². The lowest BCUT2D eigenvalue weighted by molar-refractivity contribution is -0.137. The molecule has 0 bridgehead atoms. The van der Waals surface area contributed by atoms with E-state index in [-0.39, 0.29) is 22.1 Å². The summed E-state index contributed by atoms with van der Waals surface area (Å²) in [5, 5.41) is 1.91. The number of benzene rings is 10. The van der Waals surface area contributed by atoms with E-state index in [1.807, 2.05) is 170 Å². The third-order valence-corrected chi connectivity index (χ3v) is 17.6. The number of halogens is 8. The van der Waals surface area contributed by atoms with E-state index in [2.05, 4.69) is 0 Å². The van der Waals surface area contributed by atoms with Gasteiger partial charge in [-0.2, -0.15) is 13.2 Å². The Morgan fingerprint density at radius 2 is 0.537 bits per heavy atom. The van der Waals surface area contributed by atoms with Gasteiger partial charge in [0.1, 0.15) is 0 Å². The maximum absolute atomic E-state index is 17.5. The van der Waals surface area contributed by atoms with Gasteiger partial charge in [0.15, 0.2) is 23.3 Å². The molecule has 456 valence electrons. The SMILES string of the molecule is Fc1c(F)c(F)c(-c2cc(-n3c4cc(-c5cccnc5-c5ccccc5)ccc4c4ccc(-c5cccnc5-c5ccccc5)cc43)c(C(F)(F)F)cc2-n2c3cc(-c4cccnc4-c4ccccc4)ccc3c3ccc(-c4cccnc4-c4ccccc4)cc32)c(F)c1F. The Balaban J connectivity index is 1.05. The molecule has 10 aromatic carbocycles. The van der Waals surface area contributed by atoms with E-state index in [1.165, 1.54) is 9.13 Å². The first-order valence-electron chi connectivity index (χ1n) is 30.4. The average Bonchev–Trinajstić information content (AvgIpc) is 1.67. The molecule has 0 amide bonds. The number of hydrogen-bond donors (Lipinski definition) is 0. The Kier molecular flexibility index (Phi) is 14.2. The summed E-state index contributed by atoms with van der Waals surface area (Å²) in [6.07, 6.45) is 1.26. The molecule has 0 unspecified atom stereocenters. The summed E-state index contributed by atoms with van der Waals surface area (Å²) in [5.74, 6) is -11.6. The van der Waals surface area contributed by atoms with Crippen LogP contribution in [0.2, 0.25) is 0 Å². The Morgan fingerprint density at radius 3 is 0.832 bits per heavy atom. The zero-order valence-corrected chi connectivity index (χ0v) is 49.8. The molecule has 6 aromatic heterocycles. The summed E-state index contributed by atoms with van der Waals surface area (Å²) in [5.41, 5.74) is 6.12. The highest BCUT2D eigenvalue weighted by atomic mass is 19.4. The van der Waals surface area contributed by atoms with Crippen molar-refractivity contribution in [2.45, 2.75) is 6.18 Å². The van der Waals surface area contributed by atoms with Gasteiger partial charge in [0.2, 0.25) is 5.82 Å². The lowest BCUT2D eigenvalue weighted by Gasteiger charge is -2.23. The van der Waals surface area contributed by atoms with Crippen LogP contribution in [-0.4, -0.2) is 29.1 Å². The number of pyridine rings is 4. The topological polar surface area (TPSA) is 61.4 Å². The molecule has 6 nitrogen and oxygen atoms in total. The molecule has 16 rings (SSSR count). The molecule has 14 heteroatoms. The highest BCUT2D eigenvalue weighted by molar-refractivity contribution is 6.14. The largest absolute Gasteiger partial charge is 0.418 e. The van der Waals surface area contributed by atoms with Crippen molar-refractivity contribution in [1.82, 2.24) is 29.1 Å². The minimum absolute atomic E-state index is 0.205. The lowest BCUT2D eigenvalue weighted by Crippen LogP contribution is -2.14. The fraction of sp³-hybridized carbons (Fsp3) is 0.0123. The maximum atomic E-state index is 17.5. The van der Waals surface area contributed by atoms with Gasteiger partial charge in [-0.3, -0.25) is 19.9 Å². The van der Waals surface area contributed by atoms with Gasteiger partial charge in [0.25, 0.3) is 0 Å². The van der Waals surface area contributed by atoms with Gasteiger partial charge in [0.05, 0.1) is 67.3 Å². The first kappa shape index (κ1) is 58.0. The molecular formula is C81H46F8N6. The number of nitrogens with zero attached hydrogens (tertiary/aromatic N) is 6. The van der Waals surface area contributed by atoms with E-state index in [9.17, 15) is 0 Å². The van der Waals surface area contributed by atoms with E-state index < -0.39 is 63.3 Å². The van der Waals surface area contributed by atoms with Crippen LogP contribution in [0.1, 0.15) is 5.56 Å². The molecule has 0 saturated heterocycles. The van der Waals surface area contributed by atoms with Gasteiger partial charge in [-0.05, 0) is 82.9 Å². The van der Waals surface area contributed by atoms with Crippen molar-refractivity contribution in [1.29, 1.82) is 0 Å². The van der Waals surface area contributed by atoms with Crippen molar-refractivity contribution in [3.8, 4) is 112 Å². The summed E-state index contributed by atoms with van der Waals surface area (Å²) >= 11 is 0. The number of alkyl halides is 3.